The number of benzene rings is 2. The summed E-state index contributed by atoms with van der Waals surface area (Å²) in [6, 6.07) is 14.2. The first-order chi connectivity index (χ1) is 18.1. The fourth-order valence-electron chi connectivity index (χ4n) is 4.32. The van der Waals surface area contributed by atoms with Crippen LogP contribution in [0.15, 0.2) is 48.5 Å². The first-order valence-electron chi connectivity index (χ1n) is 13.4. The Balaban J connectivity index is 2.24. The summed E-state index contributed by atoms with van der Waals surface area (Å²) in [5.74, 6) is 0.131. The Hall–Kier alpha value is -3.07. The van der Waals surface area contributed by atoms with Gasteiger partial charge in [-0.3, -0.25) is 13.9 Å². The van der Waals surface area contributed by atoms with E-state index in [9.17, 15) is 18.0 Å². The second-order valence-electron chi connectivity index (χ2n) is 9.36. The molecule has 0 bridgehead atoms. The second-order valence-corrected chi connectivity index (χ2v) is 11.3. The standard InChI is InChI=1S/C29H43N3O5S/c1-6-9-20-30-29(34)25(7-2)31(22-24-16-11-10-15-23(24)4)28(33)19-14-21-32(38(5,35)36)26-17-12-13-18-27(26)37-8-3/h10-13,15-18,25H,6-9,14,19-22H2,1-5H3,(H,30,34)/t25-/m1/s1. The zero-order chi connectivity index (χ0) is 28.1. The normalized spacial score (nSPS) is 12.0. The molecule has 38 heavy (non-hydrogen) atoms. The highest BCUT2D eigenvalue weighted by atomic mass is 32.2. The lowest BCUT2D eigenvalue weighted by Gasteiger charge is -2.31. The Morgan fingerprint density at radius 1 is 1.00 bits per heavy atom. The maximum Gasteiger partial charge on any atom is 0.242 e. The van der Waals surface area contributed by atoms with E-state index >= 15 is 0 Å². The van der Waals surface area contributed by atoms with E-state index in [0.29, 0.717) is 44.0 Å². The topological polar surface area (TPSA) is 96.0 Å². The number of nitrogens with one attached hydrogen (secondary N) is 1. The Morgan fingerprint density at radius 2 is 1.68 bits per heavy atom. The number of hydrogen-bond acceptors (Lipinski definition) is 5. The van der Waals surface area contributed by atoms with Gasteiger partial charge in [0.15, 0.2) is 0 Å². The van der Waals surface area contributed by atoms with E-state index in [1.54, 1.807) is 29.2 Å². The van der Waals surface area contributed by atoms with E-state index in [0.717, 1.165) is 30.2 Å². The van der Waals surface area contributed by atoms with Gasteiger partial charge in [0.05, 0.1) is 18.6 Å². The molecule has 0 heterocycles. The number of amides is 2. The highest BCUT2D eigenvalue weighted by Gasteiger charge is 2.29. The predicted octanol–water partition coefficient (Wildman–Crippen LogP) is 4.66. The van der Waals surface area contributed by atoms with Gasteiger partial charge in [0.1, 0.15) is 11.8 Å². The third-order valence-corrected chi connectivity index (χ3v) is 7.58. The monoisotopic (exact) mass is 545 g/mol. The van der Waals surface area contributed by atoms with Gasteiger partial charge in [0.25, 0.3) is 0 Å². The zero-order valence-corrected chi connectivity index (χ0v) is 24.2. The maximum atomic E-state index is 13.6. The molecule has 1 atom stereocenters. The summed E-state index contributed by atoms with van der Waals surface area (Å²) in [6.45, 7) is 9.19. The molecule has 2 aromatic carbocycles. The number of ether oxygens (including phenoxy) is 1. The number of hydrogen-bond donors (Lipinski definition) is 1. The molecule has 2 amide bonds. The molecular weight excluding hydrogens is 502 g/mol. The van der Waals surface area contributed by atoms with Gasteiger partial charge >= 0.3 is 0 Å². The van der Waals surface area contributed by atoms with Crippen LogP contribution in [0.3, 0.4) is 0 Å². The van der Waals surface area contributed by atoms with Gasteiger partial charge in [-0.1, -0.05) is 56.7 Å². The van der Waals surface area contributed by atoms with Crippen molar-refractivity contribution < 1.29 is 22.7 Å². The Labute approximate surface area is 228 Å². The van der Waals surface area contributed by atoms with Crippen LogP contribution in [0.5, 0.6) is 5.75 Å². The van der Waals surface area contributed by atoms with Gasteiger partial charge in [-0.05, 0) is 56.4 Å². The minimum absolute atomic E-state index is 0.105. The van der Waals surface area contributed by atoms with E-state index < -0.39 is 16.1 Å². The lowest BCUT2D eigenvalue weighted by Crippen LogP contribution is -2.49. The van der Waals surface area contributed by atoms with Crippen molar-refractivity contribution in [2.75, 3.05) is 30.3 Å². The molecule has 0 unspecified atom stereocenters. The minimum Gasteiger partial charge on any atom is -0.492 e. The zero-order valence-electron chi connectivity index (χ0n) is 23.4. The molecule has 2 rings (SSSR count). The fraction of sp³-hybridized carbons (Fsp3) is 0.517. The van der Waals surface area contributed by atoms with E-state index in [1.165, 1.54) is 4.31 Å². The number of aryl methyl sites for hydroxylation is 1. The molecule has 0 aliphatic rings. The maximum absolute atomic E-state index is 13.6. The van der Waals surface area contributed by atoms with Crippen molar-refractivity contribution in [3.8, 4) is 5.75 Å². The van der Waals surface area contributed by atoms with Crippen LogP contribution < -0.4 is 14.4 Å². The highest BCUT2D eigenvalue weighted by Crippen LogP contribution is 2.30. The molecule has 8 nitrogen and oxygen atoms in total. The smallest absolute Gasteiger partial charge is 0.242 e. The quantitative estimate of drug-likeness (QED) is 0.310. The Kier molecular flexibility index (Phi) is 12.6. The lowest BCUT2D eigenvalue weighted by atomic mass is 10.1. The highest BCUT2D eigenvalue weighted by molar-refractivity contribution is 7.92. The Morgan fingerprint density at radius 3 is 2.32 bits per heavy atom. The number of rotatable bonds is 16. The molecule has 0 spiro atoms. The lowest BCUT2D eigenvalue weighted by molar-refractivity contribution is -0.141. The number of nitrogens with zero attached hydrogens (tertiary/aromatic N) is 2. The molecule has 0 aliphatic heterocycles. The summed E-state index contributed by atoms with van der Waals surface area (Å²) in [5, 5.41) is 2.97. The van der Waals surface area contributed by atoms with Crippen molar-refractivity contribution in [2.24, 2.45) is 0 Å². The average Bonchev–Trinajstić information content (AvgIpc) is 2.87. The van der Waals surface area contributed by atoms with E-state index in [2.05, 4.69) is 12.2 Å². The van der Waals surface area contributed by atoms with E-state index in [-0.39, 0.29) is 24.8 Å². The first kappa shape index (κ1) is 31.1. The molecule has 0 fully saturated rings. The average molecular weight is 546 g/mol. The van der Waals surface area contributed by atoms with E-state index in [1.807, 2.05) is 45.0 Å². The van der Waals surface area contributed by atoms with Crippen LogP contribution in [0.4, 0.5) is 5.69 Å². The largest absolute Gasteiger partial charge is 0.492 e. The van der Waals surface area contributed by atoms with Crippen LogP contribution in [-0.2, 0) is 26.2 Å². The molecule has 0 saturated carbocycles. The first-order valence-corrected chi connectivity index (χ1v) is 15.3. The minimum atomic E-state index is -3.61. The second kappa shape index (κ2) is 15.4. The summed E-state index contributed by atoms with van der Waals surface area (Å²) < 4.78 is 32.3. The molecule has 0 radical (unpaired) electrons. The molecule has 9 heteroatoms. The van der Waals surface area contributed by atoms with Crippen molar-refractivity contribution >= 4 is 27.5 Å². The van der Waals surface area contributed by atoms with Crippen LogP contribution in [0.1, 0.15) is 64.0 Å². The number of unbranched alkanes of at least 4 members (excludes halogenated alkanes) is 1. The molecule has 2 aromatic rings. The number of carbonyl (C=O) groups is 2. The van der Waals surface area contributed by atoms with Crippen molar-refractivity contribution in [1.82, 2.24) is 10.2 Å². The number of para-hydroxylation sites is 2. The molecule has 0 aliphatic carbocycles. The van der Waals surface area contributed by atoms with Gasteiger partial charge < -0.3 is 15.0 Å². The summed E-state index contributed by atoms with van der Waals surface area (Å²) in [6.07, 6.45) is 3.87. The summed E-state index contributed by atoms with van der Waals surface area (Å²) in [7, 11) is -3.61. The molecule has 0 saturated heterocycles. The van der Waals surface area contributed by atoms with E-state index in [4.69, 9.17) is 4.74 Å². The third-order valence-electron chi connectivity index (χ3n) is 6.40. The van der Waals surface area contributed by atoms with Crippen LogP contribution in [-0.4, -0.2) is 57.1 Å². The van der Waals surface area contributed by atoms with Gasteiger partial charge in [-0.15, -0.1) is 0 Å². The number of sulfonamides is 1. The Bertz CT molecular complexity index is 1150. The van der Waals surface area contributed by atoms with Crippen molar-refractivity contribution in [3.63, 3.8) is 0 Å². The summed E-state index contributed by atoms with van der Waals surface area (Å²) in [5.41, 5.74) is 2.47. The van der Waals surface area contributed by atoms with Gasteiger partial charge in [-0.25, -0.2) is 8.42 Å². The van der Waals surface area contributed by atoms with Gasteiger partial charge in [-0.2, -0.15) is 0 Å². The van der Waals surface area contributed by atoms with Crippen LogP contribution in [0.2, 0.25) is 0 Å². The van der Waals surface area contributed by atoms with Crippen molar-refractivity contribution in [2.45, 2.75) is 72.4 Å². The molecule has 210 valence electrons. The molecule has 1 N–H and O–H groups in total. The fourth-order valence-corrected chi connectivity index (χ4v) is 5.29. The van der Waals surface area contributed by atoms with Crippen molar-refractivity contribution in [3.05, 3.63) is 59.7 Å². The molecule has 0 aromatic heterocycles. The third kappa shape index (κ3) is 9.04. The summed E-state index contributed by atoms with van der Waals surface area (Å²) in [4.78, 5) is 28.3. The number of anilines is 1. The van der Waals surface area contributed by atoms with Crippen molar-refractivity contribution in [1.29, 1.82) is 0 Å². The van der Waals surface area contributed by atoms with Crippen LogP contribution in [0.25, 0.3) is 0 Å². The van der Waals surface area contributed by atoms with Crippen LogP contribution >= 0.6 is 0 Å². The van der Waals surface area contributed by atoms with Crippen LogP contribution in [0, 0.1) is 6.92 Å². The SMILES string of the molecule is CCCCNC(=O)[C@@H](CC)N(Cc1ccccc1C)C(=O)CCCN(c1ccccc1OCC)S(C)(=O)=O. The molecular formula is C29H43N3O5S. The summed E-state index contributed by atoms with van der Waals surface area (Å²) >= 11 is 0. The predicted molar refractivity (Wildman–Crippen MR) is 153 cm³/mol. The van der Waals surface area contributed by atoms with Gasteiger partial charge in [0.2, 0.25) is 21.8 Å². The number of carbonyl (C=O) groups excluding carboxylic acids is 2. The van der Waals surface area contributed by atoms with Gasteiger partial charge in [0, 0.05) is 26.1 Å².